The lowest BCUT2D eigenvalue weighted by molar-refractivity contribution is -0.384. The molecule has 0 unspecified atom stereocenters. The van der Waals surface area contributed by atoms with E-state index in [0.717, 1.165) is 16.3 Å². The van der Waals surface area contributed by atoms with Crippen LogP contribution in [0, 0.1) is 10.1 Å². The summed E-state index contributed by atoms with van der Waals surface area (Å²) in [6, 6.07) is 15.4. The van der Waals surface area contributed by atoms with E-state index in [-0.39, 0.29) is 23.0 Å². The van der Waals surface area contributed by atoms with Crippen molar-refractivity contribution in [2.75, 3.05) is 12.3 Å². The molecule has 2 aromatic carbocycles. The number of non-ortho nitro benzene ring substituents is 1. The number of rotatable bonds is 5. The van der Waals surface area contributed by atoms with Gasteiger partial charge >= 0.3 is 0 Å². The number of amides is 2. The number of hydrogen-bond donors (Lipinski definition) is 2. The number of nitro benzene ring substituents is 1. The fraction of sp³-hybridized carbons (Fsp3) is 0.130. The summed E-state index contributed by atoms with van der Waals surface area (Å²) < 4.78 is 0. The molecule has 2 aromatic heterocycles. The number of amidine groups is 1. The summed E-state index contributed by atoms with van der Waals surface area (Å²) in [7, 11) is 0. The van der Waals surface area contributed by atoms with Gasteiger partial charge in [-0.05, 0) is 19.1 Å². The van der Waals surface area contributed by atoms with Gasteiger partial charge in [-0.3, -0.25) is 24.6 Å². The summed E-state index contributed by atoms with van der Waals surface area (Å²) in [5, 5.41) is 17.5. The Hall–Kier alpha value is -4.25. The highest BCUT2D eigenvalue weighted by molar-refractivity contribution is 8.15. The van der Waals surface area contributed by atoms with Crippen LogP contribution in [-0.2, 0) is 4.79 Å². The van der Waals surface area contributed by atoms with Crippen molar-refractivity contribution < 1.29 is 14.5 Å². The number of carbonyl (C=O) groups is 2. The topological polar surface area (TPSA) is 134 Å². The molecular weight excluding hydrogens is 456 g/mol. The van der Waals surface area contributed by atoms with Crippen LogP contribution in [-0.4, -0.2) is 49.1 Å². The summed E-state index contributed by atoms with van der Waals surface area (Å²) in [5.41, 5.74) is 4.94. The van der Waals surface area contributed by atoms with Crippen LogP contribution in [0.15, 0.2) is 59.7 Å². The van der Waals surface area contributed by atoms with Crippen molar-refractivity contribution in [2.24, 2.45) is 5.10 Å². The highest BCUT2D eigenvalue weighted by Gasteiger charge is 2.27. The number of para-hydroxylation sites is 1. The molecule has 1 fully saturated rings. The maximum atomic E-state index is 13.0. The van der Waals surface area contributed by atoms with E-state index >= 15 is 0 Å². The minimum absolute atomic E-state index is 0.0632. The Labute approximate surface area is 197 Å². The number of benzene rings is 2. The third kappa shape index (κ3) is 3.75. The molecule has 2 amide bonds. The lowest BCUT2D eigenvalue weighted by atomic mass is 10.1. The van der Waals surface area contributed by atoms with Crippen molar-refractivity contribution in [1.29, 1.82) is 0 Å². The van der Waals surface area contributed by atoms with E-state index in [9.17, 15) is 19.7 Å². The van der Waals surface area contributed by atoms with Crippen molar-refractivity contribution >= 4 is 56.2 Å². The van der Waals surface area contributed by atoms with E-state index < -0.39 is 10.8 Å². The van der Waals surface area contributed by atoms with E-state index in [1.165, 1.54) is 28.8 Å². The predicted molar refractivity (Wildman–Crippen MR) is 130 cm³/mol. The summed E-state index contributed by atoms with van der Waals surface area (Å²) in [6.45, 7) is 2.29. The van der Waals surface area contributed by atoms with Crippen LogP contribution in [0.4, 0.5) is 5.69 Å². The molecule has 4 aromatic rings. The Morgan fingerprint density at radius 1 is 1.24 bits per heavy atom. The van der Waals surface area contributed by atoms with Crippen LogP contribution in [0.1, 0.15) is 17.4 Å². The lowest BCUT2D eigenvalue weighted by Crippen LogP contribution is -2.31. The monoisotopic (exact) mass is 474 g/mol. The summed E-state index contributed by atoms with van der Waals surface area (Å²) in [5.74, 6) is -0.340. The number of fused-ring (bicyclic) bond motifs is 3. The fourth-order valence-corrected chi connectivity index (χ4v) is 4.79. The van der Waals surface area contributed by atoms with Gasteiger partial charge in [0.05, 0.1) is 21.9 Å². The molecule has 0 radical (unpaired) electrons. The molecule has 0 bridgehead atoms. The van der Waals surface area contributed by atoms with Crippen LogP contribution < -0.4 is 5.43 Å². The fourth-order valence-electron chi connectivity index (χ4n) is 3.89. The van der Waals surface area contributed by atoms with Gasteiger partial charge in [-0.1, -0.05) is 42.1 Å². The smallest absolute Gasteiger partial charge is 0.290 e. The van der Waals surface area contributed by atoms with Gasteiger partial charge < -0.3 is 4.98 Å². The molecule has 5 rings (SSSR count). The maximum Gasteiger partial charge on any atom is 0.290 e. The van der Waals surface area contributed by atoms with Gasteiger partial charge in [0.15, 0.2) is 5.17 Å². The third-order valence-electron chi connectivity index (χ3n) is 5.49. The van der Waals surface area contributed by atoms with E-state index in [1.54, 1.807) is 18.2 Å². The molecule has 1 aliphatic rings. The van der Waals surface area contributed by atoms with E-state index in [1.807, 2.05) is 31.2 Å². The Kier molecular flexibility index (Phi) is 5.46. The number of hydrogen-bond acceptors (Lipinski definition) is 7. The molecule has 34 heavy (non-hydrogen) atoms. The van der Waals surface area contributed by atoms with Crippen LogP contribution >= 0.6 is 11.8 Å². The van der Waals surface area contributed by atoms with Gasteiger partial charge in [0.25, 0.3) is 11.6 Å². The van der Waals surface area contributed by atoms with Gasteiger partial charge in [0.1, 0.15) is 5.69 Å². The Morgan fingerprint density at radius 2 is 2.06 bits per heavy atom. The average molecular weight is 475 g/mol. The van der Waals surface area contributed by atoms with E-state index in [4.69, 9.17) is 0 Å². The van der Waals surface area contributed by atoms with Crippen molar-refractivity contribution in [3.63, 3.8) is 0 Å². The largest absolute Gasteiger partial charge is 0.353 e. The minimum Gasteiger partial charge on any atom is -0.353 e. The number of H-pyrrole nitrogens is 1. The first-order valence-electron chi connectivity index (χ1n) is 10.4. The number of carbonyl (C=O) groups excluding carboxylic acids is 2. The standard InChI is InChI=1S/C23H18N6O4S/c1-2-28-19(30)12-34-23(28)27-26-22(31)18-11-16-15-8-3-4-9-17(15)24-21(16)20(25-18)13-6-5-7-14(10-13)29(32)33/h3-11,24H,2,12H2,1H3,(H,26,31)/b27-23-. The second kappa shape index (κ2) is 8.60. The first-order valence-corrected chi connectivity index (χ1v) is 11.4. The van der Waals surface area contributed by atoms with Crippen LogP contribution in [0.5, 0.6) is 0 Å². The number of hydrazone groups is 1. The second-order valence-electron chi connectivity index (χ2n) is 7.52. The SMILES string of the molecule is CCN1C(=O)CS/C1=N\NC(=O)c1cc2c([nH]c3ccccc32)c(-c2cccc([N+](=O)[O-])c2)n1. The number of nitro groups is 1. The van der Waals surface area contributed by atoms with Crippen molar-refractivity contribution in [3.05, 3.63) is 70.4 Å². The molecule has 170 valence electrons. The molecule has 3 heterocycles. The van der Waals surface area contributed by atoms with Crippen molar-refractivity contribution in [3.8, 4) is 11.3 Å². The molecule has 10 nitrogen and oxygen atoms in total. The summed E-state index contributed by atoms with van der Waals surface area (Å²) >= 11 is 1.25. The zero-order chi connectivity index (χ0) is 23.8. The number of pyridine rings is 1. The zero-order valence-electron chi connectivity index (χ0n) is 17.9. The molecule has 2 N–H and O–H groups in total. The second-order valence-corrected chi connectivity index (χ2v) is 8.46. The number of aromatic amines is 1. The molecule has 1 saturated heterocycles. The molecule has 0 spiro atoms. The maximum absolute atomic E-state index is 13.0. The Balaban J connectivity index is 1.62. The van der Waals surface area contributed by atoms with E-state index in [0.29, 0.717) is 28.5 Å². The third-order valence-corrected chi connectivity index (χ3v) is 6.45. The van der Waals surface area contributed by atoms with Gasteiger partial charge in [-0.15, -0.1) is 5.10 Å². The average Bonchev–Trinajstić information content (AvgIpc) is 3.41. The zero-order valence-corrected chi connectivity index (χ0v) is 18.8. The molecule has 0 saturated carbocycles. The minimum atomic E-state index is -0.553. The molecule has 0 atom stereocenters. The van der Waals surface area contributed by atoms with Gasteiger partial charge in [0.2, 0.25) is 5.91 Å². The molecule has 11 heteroatoms. The lowest BCUT2D eigenvalue weighted by Gasteiger charge is -2.12. The van der Waals surface area contributed by atoms with Gasteiger partial charge in [-0.25, -0.2) is 10.4 Å². The van der Waals surface area contributed by atoms with Crippen molar-refractivity contribution in [2.45, 2.75) is 6.92 Å². The van der Waals surface area contributed by atoms with Crippen molar-refractivity contribution in [1.82, 2.24) is 20.3 Å². The summed E-state index contributed by atoms with van der Waals surface area (Å²) in [4.78, 5) is 45.1. The predicted octanol–water partition coefficient (Wildman–Crippen LogP) is 3.89. The van der Waals surface area contributed by atoms with Crippen LogP contribution in [0.2, 0.25) is 0 Å². The molecular formula is C23H18N6O4S. The molecule has 1 aliphatic heterocycles. The van der Waals surface area contributed by atoms with Gasteiger partial charge in [0, 0.05) is 40.5 Å². The van der Waals surface area contributed by atoms with E-state index in [2.05, 4.69) is 20.5 Å². The highest BCUT2D eigenvalue weighted by Crippen LogP contribution is 2.33. The van der Waals surface area contributed by atoms with Gasteiger partial charge in [-0.2, -0.15) is 0 Å². The first-order chi connectivity index (χ1) is 16.5. The highest BCUT2D eigenvalue weighted by atomic mass is 32.2. The quantitative estimate of drug-likeness (QED) is 0.333. The number of aromatic nitrogens is 2. The first kappa shape index (κ1) is 21.6. The van der Waals surface area contributed by atoms with Crippen LogP contribution in [0.25, 0.3) is 33.1 Å². The Morgan fingerprint density at radius 3 is 2.85 bits per heavy atom. The summed E-state index contributed by atoms with van der Waals surface area (Å²) in [6.07, 6.45) is 0. The number of nitrogens with zero attached hydrogens (tertiary/aromatic N) is 4. The number of thioether (sulfide) groups is 1. The number of nitrogens with one attached hydrogen (secondary N) is 2. The molecule has 0 aliphatic carbocycles. The normalized spacial score (nSPS) is 14.9. The Bertz CT molecular complexity index is 1510. The van der Waals surface area contributed by atoms with Crippen LogP contribution in [0.3, 0.4) is 0 Å².